The zero-order valence-corrected chi connectivity index (χ0v) is 6.29. The number of ether oxygens (including phenoxy) is 1. The number of hydrogen-bond donors (Lipinski definition) is 1. The summed E-state index contributed by atoms with van der Waals surface area (Å²) in [5, 5.41) is 0. The quantitative estimate of drug-likeness (QED) is 0.523. The average Bonchev–Trinajstić information content (AvgIpc) is 2.04. The first-order chi connectivity index (χ1) is 5.72. The third-order valence-corrected chi connectivity index (χ3v) is 1.19. The van der Waals surface area contributed by atoms with Gasteiger partial charge in [-0.3, -0.25) is 4.79 Å². The fourth-order valence-corrected chi connectivity index (χ4v) is 0.704. The maximum Gasteiger partial charge on any atom is 0.325 e. The van der Waals surface area contributed by atoms with Crippen molar-refractivity contribution in [1.82, 2.24) is 0 Å². The number of nitrogens with two attached hydrogens (primary N) is 1. The minimum absolute atomic E-state index is 0.172. The lowest BCUT2D eigenvalue weighted by Crippen LogP contribution is -2.19. The Morgan fingerprint density at radius 2 is 2.33 bits per heavy atom. The molecular weight excluding hydrogens is 161 g/mol. The van der Waals surface area contributed by atoms with E-state index in [9.17, 15) is 9.18 Å². The Balaban J connectivity index is 2.69. The Morgan fingerprint density at radius 3 is 2.92 bits per heavy atom. The van der Waals surface area contributed by atoms with Crippen LogP contribution in [0.5, 0.6) is 5.75 Å². The summed E-state index contributed by atoms with van der Waals surface area (Å²) < 4.78 is 17.1. The number of benzene rings is 1. The zero-order chi connectivity index (χ0) is 8.97. The minimum atomic E-state index is -0.583. The van der Waals surface area contributed by atoms with Crippen molar-refractivity contribution in [2.75, 3.05) is 6.54 Å². The van der Waals surface area contributed by atoms with E-state index in [1.807, 2.05) is 0 Å². The summed E-state index contributed by atoms with van der Waals surface area (Å²) in [6.07, 6.45) is 0. The normalized spacial score (nSPS) is 9.50. The van der Waals surface area contributed by atoms with Gasteiger partial charge in [-0.2, -0.15) is 0 Å². The molecule has 0 radical (unpaired) electrons. The van der Waals surface area contributed by atoms with Crippen LogP contribution < -0.4 is 10.5 Å². The third-order valence-electron chi connectivity index (χ3n) is 1.19. The fourth-order valence-electron chi connectivity index (χ4n) is 0.704. The molecule has 0 aromatic heterocycles. The van der Waals surface area contributed by atoms with Crippen molar-refractivity contribution in [3.05, 3.63) is 30.1 Å². The molecule has 4 heteroatoms. The van der Waals surface area contributed by atoms with Crippen molar-refractivity contribution < 1.29 is 13.9 Å². The van der Waals surface area contributed by atoms with Crippen LogP contribution in [0.4, 0.5) is 4.39 Å². The van der Waals surface area contributed by atoms with E-state index in [-0.39, 0.29) is 12.3 Å². The summed E-state index contributed by atoms with van der Waals surface area (Å²) in [4.78, 5) is 10.6. The Morgan fingerprint density at radius 1 is 1.58 bits per heavy atom. The molecule has 2 N–H and O–H groups in total. The number of carbonyl (C=O) groups excluding carboxylic acids is 1. The zero-order valence-electron chi connectivity index (χ0n) is 6.29. The predicted molar refractivity (Wildman–Crippen MR) is 41.1 cm³/mol. The number of rotatable bonds is 2. The standard InChI is InChI=1S/C8H8FNO2/c9-6-2-1-3-7(4-6)12-8(11)5-10/h1-4H,5,10H2. The van der Waals surface area contributed by atoms with Gasteiger partial charge in [0.1, 0.15) is 11.6 Å². The topological polar surface area (TPSA) is 52.3 Å². The lowest BCUT2D eigenvalue weighted by Gasteiger charge is -2.00. The van der Waals surface area contributed by atoms with Gasteiger partial charge in [-0.15, -0.1) is 0 Å². The lowest BCUT2D eigenvalue weighted by atomic mass is 10.3. The van der Waals surface area contributed by atoms with Gasteiger partial charge in [0.15, 0.2) is 0 Å². The molecule has 0 aliphatic heterocycles. The van der Waals surface area contributed by atoms with Gasteiger partial charge in [-0.05, 0) is 12.1 Å². The van der Waals surface area contributed by atoms with Gasteiger partial charge in [0.25, 0.3) is 0 Å². The third kappa shape index (κ3) is 2.32. The second kappa shape index (κ2) is 3.82. The molecule has 0 aliphatic carbocycles. The molecular formula is C8H8FNO2. The monoisotopic (exact) mass is 169 g/mol. The lowest BCUT2D eigenvalue weighted by molar-refractivity contribution is -0.132. The molecule has 0 bridgehead atoms. The van der Waals surface area contributed by atoms with Gasteiger partial charge in [-0.1, -0.05) is 6.07 Å². The van der Waals surface area contributed by atoms with Crippen molar-refractivity contribution in [1.29, 1.82) is 0 Å². The summed E-state index contributed by atoms with van der Waals surface area (Å²) in [6, 6.07) is 5.32. The molecule has 1 aromatic carbocycles. The van der Waals surface area contributed by atoms with Gasteiger partial charge in [-0.25, -0.2) is 4.39 Å². The van der Waals surface area contributed by atoms with E-state index in [1.54, 1.807) is 0 Å². The molecule has 0 unspecified atom stereocenters. The van der Waals surface area contributed by atoms with Gasteiger partial charge < -0.3 is 10.5 Å². The number of hydrogen-bond acceptors (Lipinski definition) is 3. The van der Waals surface area contributed by atoms with E-state index in [4.69, 9.17) is 5.73 Å². The van der Waals surface area contributed by atoms with E-state index in [0.29, 0.717) is 0 Å². The van der Waals surface area contributed by atoms with Gasteiger partial charge >= 0.3 is 5.97 Å². The summed E-state index contributed by atoms with van der Waals surface area (Å²) in [6.45, 7) is -0.212. The molecule has 0 saturated carbocycles. The highest BCUT2D eigenvalue weighted by atomic mass is 19.1. The van der Waals surface area contributed by atoms with Crippen LogP contribution in [0.15, 0.2) is 24.3 Å². The molecule has 1 rings (SSSR count). The highest BCUT2D eigenvalue weighted by Crippen LogP contribution is 2.11. The van der Waals surface area contributed by atoms with E-state index in [2.05, 4.69) is 4.74 Å². The van der Waals surface area contributed by atoms with Crippen LogP contribution in [0, 0.1) is 5.82 Å². The number of esters is 1. The molecule has 0 saturated heterocycles. The molecule has 1 aromatic rings. The molecule has 12 heavy (non-hydrogen) atoms. The largest absolute Gasteiger partial charge is 0.425 e. The molecule has 0 amide bonds. The van der Waals surface area contributed by atoms with Crippen LogP contribution >= 0.6 is 0 Å². The summed E-state index contributed by atoms with van der Waals surface area (Å²) in [5.41, 5.74) is 4.99. The number of carbonyl (C=O) groups is 1. The highest BCUT2D eigenvalue weighted by Gasteiger charge is 2.01. The molecule has 3 nitrogen and oxygen atoms in total. The SMILES string of the molecule is NCC(=O)Oc1cccc(F)c1. The van der Waals surface area contributed by atoms with Crippen LogP contribution in [0.25, 0.3) is 0 Å². The van der Waals surface area contributed by atoms with Crippen molar-refractivity contribution in [2.45, 2.75) is 0 Å². The Hall–Kier alpha value is -1.42. The number of halogens is 1. The maximum absolute atomic E-state index is 12.5. The Bertz CT molecular complexity index is 288. The van der Waals surface area contributed by atoms with E-state index < -0.39 is 11.8 Å². The Kier molecular flexibility index (Phi) is 2.76. The smallest absolute Gasteiger partial charge is 0.325 e. The van der Waals surface area contributed by atoms with Crippen LogP contribution in [0.3, 0.4) is 0 Å². The average molecular weight is 169 g/mol. The molecule has 0 spiro atoms. The van der Waals surface area contributed by atoms with Crippen LogP contribution in [0.1, 0.15) is 0 Å². The highest BCUT2D eigenvalue weighted by molar-refractivity contribution is 5.74. The molecule has 0 atom stereocenters. The summed E-state index contributed by atoms with van der Waals surface area (Å²) in [5.74, 6) is -0.858. The van der Waals surface area contributed by atoms with Crippen LogP contribution in [-0.2, 0) is 4.79 Å². The predicted octanol–water partition coefficient (Wildman–Crippen LogP) is 0.690. The van der Waals surface area contributed by atoms with E-state index in [1.165, 1.54) is 18.2 Å². The fraction of sp³-hybridized carbons (Fsp3) is 0.125. The maximum atomic E-state index is 12.5. The second-order valence-electron chi connectivity index (χ2n) is 2.14. The van der Waals surface area contributed by atoms with Crippen LogP contribution in [-0.4, -0.2) is 12.5 Å². The molecule has 0 aliphatic rings. The second-order valence-corrected chi connectivity index (χ2v) is 2.14. The van der Waals surface area contributed by atoms with Gasteiger partial charge in [0.2, 0.25) is 0 Å². The van der Waals surface area contributed by atoms with Crippen molar-refractivity contribution in [2.24, 2.45) is 5.73 Å². The van der Waals surface area contributed by atoms with Crippen molar-refractivity contribution in [3.8, 4) is 5.75 Å². The minimum Gasteiger partial charge on any atom is -0.425 e. The first-order valence-corrected chi connectivity index (χ1v) is 3.38. The van der Waals surface area contributed by atoms with Crippen molar-refractivity contribution >= 4 is 5.97 Å². The summed E-state index contributed by atoms with van der Waals surface area (Å²) >= 11 is 0. The van der Waals surface area contributed by atoms with Gasteiger partial charge in [0, 0.05) is 6.07 Å². The summed E-state index contributed by atoms with van der Waals surface area (Å²) in [7, 11) is 0. The van der Waals surface area contributed by atoms with Crippen molar-refractivity contribution in [3.63, 3.8) is 0 Å². The first-order valence-electron chi connectivity index (χ1n) is 3.38. The molecule has 0 fully saturated rings. The van der Waals surface area contributed by atoms with Crippen LogP contribution in [0.2, 0.25) is 0 Å². The first kappa shape index (κ1) is 8.67. The Labute approximate surface area is 68.9 Å². The molecule has 64 valence electrons. The van der Waals surface area contributed by atoms with E-state index >= 15 is 0 Å². The van der Waals surface area contributed by atoms with E-state index in [0.717, 1.165) is 6.07 Å². The van der Waals surface area contributed by atoms with Gasteiger partial charge in [0.05, 0.1) is 6.54 Å². The molecule has 0 heterocycles.